The highest BCUT2D eigenvalue weighted by Crippen LogP contribution is 2.22. The van der Waals surface area contributed by atoms with E-state index in [-0.39, 0.29) is 0 Å². The Morgan fingerprint density at radius 1 is 1.25 bits per heavy atom. The van der Waals surface area contributed by atoms with Crippen molar-refractivity contribution in [3.05, 3.63) is 35.5 Å². The molecule has 0 saturated carbocycles. The summed E-state index contributed by atoms with van der Waals surface area (Å²) in [6, 6.07) is 6.39. The molecule has 0 unspecified atom stereocenters. The van der Waals surface area contributed by atoms with Crippen LogP contribution in [-0.2, 0) is 23.7 Å². The maximum atomic E-state index is 12.4. The van der Waals surface area contributed by atoms with Crippen molar-refractivity contribution in [2.45, 2.75) is 33.1 Å². The predicted molar refractivity (Wildman–Crippen MR) is 98.3 cm³/mol. The van der Waals surface area contributed by atoms with E-state index >= 15 is 0 Å². The van der Waals surface area contributed by atoms with Gasteiger partial charge in [-0.3, -0.25) is 0 Å². The topological polar surface area (TPSA) is 54.3 Å². The summed E-state index contributed by atoms with van der Waals surface area (Å²) in [5.41, 5.74) is 3.61. The Morgan fingerprint density at radius 3 is 2.67 bits per heavy atom. The Labute approximate surface area is 144 Å². The van der Waals surface area contributed by atoms with Crippen LogP contribution in [0.3, 0.4) is 0 Å². The van der Waals surface area contributed by atoms with Crippen LogP contribution in [0.5, 0.6) is 0 Å². The molecule has 1 N–H and O–H groups in total. The minimum absolute atomic E-state index is 0.432. The van der Waals surface area contributed by atoms with Gasteiger partial charge in [-0.15, -0.1) is 0 Å². The molecular weight excluding hydrogens is 322 g/mol. The van der Waals surface area contributed by atoms with Gasteiger partial charge in [0.15, 0.2) is 0 Å². The van der Waals surface area contributed by atoms with Crippen LogP contribution < -0.4 is 4.72 Å². The standard InChI is InChI=1S/C18H27N3O2S/c1-14-7-10-21(11-8-14)24(22,23)19-9-6-16-13-20(3)18-12-15(2)4-5-17(16)18/h4-5,12-14,19H,6-11H2,1-3H3. The van der Waals surface area contributed by atoms with Gasteiger partial charge < -0.3 is 4.57 Å². The molecule has 0 radical (unpaired) electrons. The van der Waals surface area contributed by atoms with Gasteiger partial charge in [0.1, 0.15) is 0 Å². The number of hydrogen-bond acceptors (Lipinski definition) is 2. The smallest absolute Gasteiger partial charge is 0.279 e. The first kappa shape index (κ1) is 17.5. The molecule has 0 atom stereocenters. The van der Waals surface area contributed by atoms with Crippen molar-refractivity contribution in [3.8, 4) is 0 Å². The summed E-state index contributed by atoms with van der Waals surface area (Å²) in [4.78, 5) is 0. The second kappa shape index (κ2) is 6.86. The molecule has 3 rings (SSSR count). The minimum Gasteiger partial charge on any atom is -0.350 e. The van der Waals surface area contributed by atoms with E-state index < -0.39 is 10.2 Å². The highest BCUT2D eigenvalue weighted by molar-refractivity contribution is 7.87. The van der Waals surface area contributed by atoms with E-state index in [1.54, 1.807) is 4.31 Å². The second-order valence-corrected chi connectivity index (χ2v) is 8.77. The molecule has 6 heteroatoms. The van der Waals surface area contributed by atoms with E-state index in [0.717, 1.165) is 12.8 Å². The summed E-state index contributed by atoms with van der Waals surface area (Å²) in [6.45, 7) is 5.95. The molecule has 1 aliphatic heterocycles. The molecule has 0 aliphatic carbocycles. The fourth-order valence-corrected chi connectivity index (χ4v) is 4.64. The van der Waals surface area contributed by atoms with Gasteiger partial charge in [0, 0.05) is 43.8 Å². The van der Waals surface area contributed by atoms with Gasteiger partial charge in [0.2, 0.25) is 0 Å². The lowest BCUT2D eigenvalue weighted by molar-refractivity contribution is 0.285. The number of benzene rings is 1. The first-order valence-corrected chi connectivity index (χ1v) is 10.1. The van der Waals surface area contributed by atoms with E-state index in [1.807, 2.05) is 7.05 Å². The lowest BCUT2D eigenvalue weighted by atomic mass is 10.0. The van der Waals surface area contributed by atoms with E-state index in [4.69, 9.17) is 0 Å². The Kier molecular flexibility index (Phi) is 4.99. The Hall–Kier alpha value is -1.37. The summed E-state index contributed by atoms with van der Waals surface area (Å²) in [6.07, 6.45) is 4.69. The molecule has 132 valence electrons. The molecule has 2 aromatic rings. The van der Waals surface area contributed by atoms with Crippen LogP contribution in [-0.4, -0.2) is 36.9 Å². The fourth-order valence-electron chi connectivity index (χ4n) is 3.41. The van der Waals surface area contributed by atoms with Crippen molar-refractivity contribution in [3.63, 3.8) is 0 Å². The average molecular weight is 350 g/mol. The number of aromatic nitrogens is 1. The van der Waals surface area contributed by atoms with Gasteiger partial charge in [-0.05, 0) is 49.3 Å². The number of aryl methyl sites for hydroxylation is 2. The van der Waals surface area contributed by atoms with Crippen molar-refractivity contribution in [2.24, 2.45) is 13.0 Å². The number of nitrogens with one attached hydrogen (secondary N) is 1. The van der Waals surface area contributed by atoms with Gasteiger partial charge >= 0.3 is 0 Å². The van der Waals surface area contributed by atoms with Crippen LogP contribution in [0, 0.1) is 12.8 Å². The summed E-state index contributed by atoms with van der Waals surface area (Å²) in [5.74, 6) is 0.621. The van der Waals surface area contributed by atoms with Gasteiger partial charge in [-0.1, -0.05) is 19.1 Å². The third-order valence-electron chi connectivity index (χ3n) is 4.99. The van der Waals surface area contributed by atoms with Crippen LogP contribution in [0.4, 0.5) is 0 Å². The van der Waals surface area contributed by atoms with Crippen LogP contribution in [0.2, 0.25) is 0 Å². The quantitative estimate of drug-likeness (QED) is 0.902. The highest BCUT2D eigenvalue weighted by Gasteiger charge is 2.25. The fraction of sp³-hybridized carbons (Fsp3) is 0.556. The normalized spacial score (nSPS) is 17.6. The Balaban J connectivity index is 1.64. The lowest BCUT2D eigenvalue weighted by Gasteiger charge is -2.29. The molecule has 0 amide bonds. The largest absolute Gasteiger partial charge is 0.350 e. The van der Waals surface area contributed by atoms with E-state index in [2.05, 4.69) is 47.5 Å². The van der Waals surface area contributed by atoms with Crippen molar-refractivity contribution in [2.75, 3.05) is 19.6 Å². The SMILES string of the molecule is Cc1ccc2c(CCNS(=O)(=O)N3CCC(C)CC3)cn(C)c2c1. The number of rotatable bonds is 5. The number of fused-ring (bicyclic) bond motifs is 1. The van der Waals surface area contributed by atoms with Crippen molar-refractivity contribution in [1.29, 1.82) is 0 Å². The van der Waals surface area contributed by atoms with E-state index in [9.17, 15) is 8.42 Å². The molecule has 1 aromatic carbocycles. The second-order valence-electron chi connectivity index (χ2n) is 7.02. The molecule has 0 spiro atoms. The molecule has 2 heterocycles. The van der Waals surface area contributed by atoms with E-state index in [0.29, 0.717) is 32.0 Å². The maximum Gasteiger partial charge on any atom is 0.279 e. The highest BCUT2D eigenvalue weighted by atomic mass is 32.2. The van der Waals surface area contributed by atoms with Crippen LogP contribution in [0.25, 0.3) is 10.9 Å². The maximum absolute atomic E-state index is 12.4. The molecule has 1 aromatic heterocycles. The van der Waals surface area contributed by atoms with Crippen LogP contribution >= 0.6 is 0 Å². The molecule has 0 bridgehead atoms. The molecule has 1 fully saturated rings. The molecule has 24 heavy (non-hydrogen) atoms. The average Bonchev–Trinajstić information content (AvgIpc) is 2.83. The van der Waals surface area contributed by atoms with Crippen molar-refractivity contribution < 1.29 is 8.42 Å². The number of hydrogen-bond donors (Lipinski definition) is 1. The Morgan fingerprint density at radius 2 is 1.96 bits per heavy atom. The first-order chi connectivity index (χ1) is 11.4. The third kappa shape index (κ3) is 3.66. The van der Waals surface area contributed by atoms with Crippen molar-refractivity contribution in [1.82, 2.24) is 13.6 Å². The van der Waals surface area contributed by atoms with Gasteiger partial charge in [0.05, 0.1) is 0 Å². The lowest BCUT2D eigenvalue weighted by Crippen LogP contribution is -2.45. The minimum atomic E-state index is -3.35. The van der Waals surface area contributed by atoms with Gasteiger partial charge in [-0.25, -0.2) is 4.72 Å². The summed E-state index contributed by atoms with van der Waals surface area (Å²) in [5, 5.41) is 1.20. The molecule has 5 nitrogen and oxygen atoms in total. The van der Waals surface area contributed by atoms with Crippen LogP contribution in [0.15, 0.2) is 24.4 Å². The molecule has 1 aliphatic rings. The van der Waals surface area contributed by atoms with Crippen LogP contribution in [0.1, 0.15) is 30.9 Å². The van der Waals surface area contributed by atoms with E-state index in [1.165, 1.54) is 22.0 Å². The summed E-state index contributed by atoms with van der Waals surface area (Å²) in [7, 11) is -1.32. The van der Waals surface area contributed by atoms with Gasteiger partial charge in [0.25, 0.3) is 10.2 Å². The molecule has 1 saturated heterocycles. The van der Waals surface area contributed by atoms with Crippen molar-refractivity contribution >= 4 is 21.1 Å². The monoisotopic (exact) mass is 349 g/mol. The zero-order valence-corrected chi connectivity index (χ0v) is 15.6. The number of nitrogens with zero attached hydrogens (tertiary/aromatic N) is 2. The van der Waals surface area contributed by atoms with Gasteiger partial charge in [-0.2, -0.15) is 12.7 Å². The first-order valence-electron chi connectivity index (χ1n) is 8.66. The zero-order chi connectivity index (χ0) is 17.3. The number of piperidine rings is 1. The predicted octanol–water partition coefficient (Wildman–Crippen LogP) is 2.60. The Bertz CT molecular complexity index is 818. The third-order valence-corrected chi connectivity index (χ3v) is 6.60. The summed E-state index contributed by atoms with van der Waals surface area (Å²) < 4.78 is 31.3. The zero-order valence-electron chi connectivity index (χ0n) is 14.7. The summed E-state index contributed by atoms with van der Waals surface area (Å²) >= 11 is 0. The molecular formula is C18H27N3O2S.